The monoisotopic (exact) mass is 217 g/mol. The fraction of sp³-hybridized carbons (Fsp3) is 0.625. The van der Waals surface area contributed by atoms with Crippen LogP contribution in [0.4, 0.5) is 4.79 Å². The fourth-order valence-electron chi connectivity index (χ4n) is 0.749. The van der Waals surface area contributed by atoms with Crippen molar-refractivity contribution in [2.24, 2.45) is 5.73 Å². The quantitative estimate of drug-likeness (QED) is 0.483. The van der Waals surface area contributed by atoms with Gasteiger partial charge < -0.3 is 21.5 Å². The summed E-state index contributed by atoms with van der Waals surface area (Å²) in [7, 11) is 0. The van der Waals surface area contributed by atoms with Gasteiger partial charge in [0.25, 0.3) is 0 Å². The van der Waals surface area contributed by atoms with Crippen molar-refractivity contribution in [2.45, 2.75) is 32.4 Å². The van der Waals surface area contributed by atoms with Crippen LogP contribution in [0.15, 0.2) is 0 Å². The summed E-state index contributed by atoms with van der Waals surface area (Å²) in [5.74, 6) is -1.77. The van der Waals surface area contributed by atoms with E-state index in [4.69, 9.17) is 10.8 Å². The average molecular weight is 217 g/mol. The second kappa shape index (κ2) is 4.63. The van der Waals surface area contributed by atoms with Crippen molar-refractivity contribution in [1.29, 1.82) is 0 Å². The summed E-state index contributed by atoms with van der Waals surface area (Å²) in [4.78, 5) is 32.5. The molecule has 1 unspecified atom stereocenters. The molecule has 0 saturated heterocycles. The third kappa shape index (κ3) is 4.30. The molecule has 0 radical (unpaired) electrons. The van der Waals surface area contributed by atoms with Gasteiger partial charge in [-0.3, -0.25) is 4.79 Å². The summed E-state index contributed by atoms with van der Waals surface area (Å²) in [6, 6.07) is -1.72. The maximum Gasteiger partial charge on any atom is 0.328 e. The Hall–Kier alpha value is -1.79. The molecule has 0 aliphatic heterocycles. The molecule has 0 heterocycles. The summed E-state index contributed by atoms with van der Waals surface area (Å²) >= 11 is 0. The van der Waals surface area contributed by atoms with Gasteiger partial charge in [0.15, 0.2) is 0 Å². The van der Waals surface area contributed by atoms with Gasteiger partial charge in [0, 0.05) is 0 Å². The van der Waals surface area contributed by atoms with Crippen LogP contribution in [0.25, 0.3) is 0 Å². The Morgan fingerprint density at radius 2 is 1.80 bits per heavy atom. The van der Waals surface area contributed by atoms with E-state index in [2.05, 4.69) is 10.6 Å². The van der Waals surface area contributed by atoms with Crippen LogP contribution in [0.5, 0.6) is 0 Å². The van der Waals surface area contributed by atoms with Gasteiger partial charge >= 0.3 is 12.0 Å². The second-order valence-electron chi connectivity index (χ2n) is 3.65. The average Bonchev–Trinajstić information content (AvgIpc) is 2.01. The van der Waals surface area contributed by atoms with Crippen LogP contribution >= 0.6 is 0 Å². The van der Waals surface area contributed by atoms with Crippen LogP contribution in [0.1, 0.15) is 20.8 Å². The minimum absolute atomic E-state index is 0.610. The number of carbonyl (C=O) groups excluding carboxylic acids is 2. The van der Waals surface area contributed by atoms with Gasteiger partial charge in [-0.05, 0) is 20.8 Å². The largest absolute Gasteiger partial charge is 0.480 e. The molecule has 0 aliphatic carbocycles. The molecule has 0 aromatic heterocycles. The first kappa shape index (κ1) is 13.2. The van der Waals surface area contributed by atoms with Gasteiger partial charge in [0.1, 0.15) is 11.6 Å². The smallest absolute Gasteiger partial charge is 0.328 e. The molecule has 1 atom stereocenters. The zero-order chi connectivity index (χ0) is 12.2. The van der Waals surface area contributed by atoms with Crippen LogP contribution in [0.2, 0.25) is 0 Å². The SMILES string of the molecule is CC(NC(N)=O)C(=O)NC(C)(C)C(=O)O. The van der Waals surface area contributed by atoms with E-state index in [1.54, 1.807) is 0 Å². The highest BCUT2D eigenvalue weighted by atomic mass is 16.4. The molecular formula is C8H15N3O4. The fourth-order valence-corrected chi connectivity index (χ4v) is 0.749. The molecule has 0 bridgehead atoms. The molecule has 0 saturated carbocycles. The Labute approximate surface area is 87.0 Å². The maximum absolute atomic E-state index is 11.4. The third-order valence-electron chi connectivity index (χ3n) is 1.72. The predicted molar refractivity (Wildman–Crippen MR) is 52.0 cm³/mol. The highest BCUT2D eigenvalue weighted by Crippen LogP contribution is 2.02. The van der Waals surface area contributed by atoms with Crippen molar-refractivity contribution in [3.05, 3.63) is 0 Å². The molecule has 0 aromatic carbocycles. The van der Waals surface area contributed by atoms with E-state index in [9.17, 15) is 14.4 Å². The first-order valence-electron chi connectivity index (χ1n) is 4.28. The lowest BCUT2D eigenvalue weighted by molar-refractivity contribution is -0.146. The summed E-state index contributed by atoms with van der Waals surface area (Å²) in [5.41, 5.74) is 3.42. The lowest BCUT2D eigenvalue weighted by atomic mass is 10.1. The van der Waals surface area contributed by atoms with Crippen molar-refractivity contribution in [3.8, 4) is 0 Å². The molecule has 0 fully saturated rings. The third-order valence-corrected chi connectivity index (χ3v) is 1.72. The number of urea groups is 1. The number of carbonyl (C=O) groups is 3. The Balaban J connectivity index is 4.36. The van der Waals surface area contributed by atoms with E-state index in [0.717, 1.165) is 0 Å². The molecular weight excluding hydrogens is 202 g/mol. The minimum atomic E-state index is -1.38. The van der Waals surface area contributed by atoms with Crippen LogP contribution < -0.4 is 16.4 Å². The normalized spacial score (nSPS) is 12.7. The minimum Gasteiger partial charge on any atom is -0.480 e. The van der Waals surface area contributed by atoms with Crippen molar-refractivity contribution in [3.63, 3.8) is 0 Å². The van der Waals surface area contributed by atoms with Crippen LogP contribution in [0, 0.1) is 0 Å². The summed E-state index contributed by atoms with van der Waals surface area (Å²) in [6.45, 7) is 4.08. The molecule has 3 amide bonds. The number of carboxylic acids is 1. The van der Waals surface area contributed by atoms with E-state index >= 15 is 0 Å². The summed E-state index contributed by atoms with van der Waals surface area (Å²) in [5, 5.41) is 13.1. The number of aliphatic carboxylic acids is 1. The van der Waals surface area contributed by atoms with E-state index in [1.165, 1.54) is 20.8 Å². The molecule has 7 nitrogen and oxygen atoms in total. The molecule has 15 heavy (non-hydrogen) atoms. The number of primary amides is 1. The first-order chi connectivity index (χ1) is 6.66. The highest BCUT2D eigenvalue weighted by molar-refractivity contribution is 5.90. The van der Waals surface area contributed by atoms with Crippen LogP contribution in [-0.2, 0) is 9.59 Å². The highest BCUT2D eigenvalue weighted by Gasteiger charge is 2.30. The second-order valence-corrected chi connectivity index (χ2v) is 3.65. The van der Waals surface area contributed by atoms with Gasteiger partial charge in [-0.15, -0.1) is 0 Å². The number of amides is 3. The van der Waals surface area contributed by atoms with Crippen LogP contribution in [0.3, 0.4) is 0 Å². The van der Waals surface area contributed by atoms with Gasteiger partial charge in [0.2, 0.25) is 5.91 Å². The lowest BCUT2D eigenvalue weighted by Gasteiger charge is -2.23. The van der Waals surface area contributed by atoms with Gasteiger partial charge in [-0.2, -0.15) is 0 Å². The molecule has 0 aliphatic rings. The zero-order valence-electron chi connectivity index (χ0n) is 8.83. The molecule has 0 spiro atoms. The number of hydrogen-bond acceptors (Lipinski definition) is 3. The Kier molecular flexibility index (Phi) is 4.07. The van der Waals surface area contributed by atoms with E-state index in [-0.39, 0.29) is 0 Å². The molecule has 86 valence electrons. The first-order valence-corrected chi connectivity index (χ1v) is 4.28. The predicted octanol–water partition coefficient (Wildman–Crippen LogP) is -0.977. The summed E-state index contributed by atoms with van der Waals surface area (Å²) in [6.07, 6.45) is 0. The van der Waals surface area contributed by atoms with Gasteiger partial charge in [-0.1, -0.05) is 0 Å². The maximum atomic E-state index is 11.4. The van der Waals surface area contributed by atoms with Gasteiger partial charge in [-0.25, -0.2) is 9.59 Å². The molecule has 0 rings (SSSR count). The van der Waals surface area contributed by atoms with Crippen molar-refractivity contribution in [1.82, 2.24) is 10.6 Å². The zero-order valence-corrected chi connectivity index (χ0v) is 8.83. The van der Waals surface area contributed by atoms with Crippen LogP contribution in [-0.4, -0.2) is 34.6 Å². The van der Waals surface area contributed by atoms with Gasteiger partial charge in [0.05, 0.1) is 0 Å². The number of carboxylic acid groups (broad SMARTS) is 1. The standard InChI is InChI=1S/C8H15N3O4/c1-4(10-7(9)15)5(12)11-8(2,3)6(13)14/h4H,1-3H3,(H,11,12)(H,13,14)(H3,9,10,15). The Morgan fingerprint density at radius 3 is 2.13 bits per heavy atom. The van der Waals surface area contributed by atoms with Crippen molar-refractivity contribution in [2.75, 3.05) is 0 Å². The number of nitrogens with one attached hydrogen (secondary N) is 2. The number of rotatable bonds is 4. The number of nitrogens with two attached hydrogens (primary N) is 1. The Morgan fingerprint density at radius 1 is 1.33 bits per heavy atom. The van der Waals surface area contributed by atoms with E-state index in [0.29, 0.717) is 0 Å². The topological polar surface area (TPSA) is 122 Å². The molecule has 0 aromatic rings. The Bertz CT molecular complexity index is 288. The van der Waals surface area contributed by atoms with Crippen molar-refractivity contribution < 1.29 is 19.5 Å². The van der Waals surface area contributed by atoms with Crippen molar-refractivity contribution >= 4 is 17.9 Å². The van der Waals surface area contributed by atoms with E-state index in [1.807, 2.05) is 0 Å². The lowest BCUT2D eigenvalue weighted by Crippen LogP contribution is -2.56. The number of hydrogen-bond donors (Lipinski definition) is 4. The summed E-state index contributed by atoms with van der Waals surface area (Å²) < 4.78 is 0. The van der Waals surface area contributed by atoms with E-state index < -0.39 is 29.5 Å². The molecule has 5 N–H and O–H groups in total. The molecule has 7 heteroatoms.